The molecule has 1 unspecified atom stereocenters. The van der Waals surface area contributed by atoms with Crippen molar-refractivity contribution in [2.24, 2.45) is 47.3 Å². The van der Waals surface area contributed by atoms with Gasteiger partial charge in [-0.05, 0) is 113 Å². The summed E-state index contributed by atoms with van der Waals surface area (Å²) in [7, 11) is 0. The summed E-state index contributed by atoms with van der Waals surface area (Å²) in [5.74, 6) is 2.91. The van der Waals surface area contributed by atoms with Gasteiger partial charge in [0.25, 0.3) is 0 Å². The van der Waals surface area contributed by atoms with E-state index in [0.29, 0.717) is 48.3 Å². The van der Waals surface area contributed by atoms with Crippen molar-refractivity contribution in [2.75, 3.05) is 0 Å². The molecule has 6 heterocycles. The summed E-state index contributed by atoms with van der Waals surface area (Å²) in [4.78, 5) is 38.7. The van der Waals surface area contributed by atoms with E-state index >= 15 is 0 Å². The average molecular weight is 631 g/mol. The molecule has 254 valence electrons. The van der Waals surface area contributed by atoms with E-state index in [0.717, 1.165) is 51.4 Å². The van der Waals surface area contributed by atoms with Crippen LogP contribution in [-0.4, -0.2) is 58.9 Å². The van der Waals surface area contributed by atoms with Crippen LogP contribution in [0.5, 0.6) is 0 Å². The Bertz CT molecular complexity index is 1160. The highest BCUT2D eigenvalue weighted by Gasteiger charge is 2.70. The summed E-state index contributed by atoms with van der Waals surface area (Å²) in [5, 5.41) is 0. The van der Waals surface area contributed by atoms with Crippen molar-refractivity contribution in [3.8, 4) is 0 Å². The first-order valence-electron chi connectivity index (χ1n) is 18.7. The van der Waals surface area contributed by atoms with Gasteiger partial charge < -0.3 is 14.2 Å². The highest BCUT2D eigenvalue weighted by atomic mass is 17.2. The Morgan fingerprint density at radius 2 is 1.24 bits per heavy atom. The second kappa shape index (κ2) is 10.9. The number of carbonyl (C=O) groups excluding carboxylic acids is 1. The molecular formula is C37H58O8. The van der Waals surface area contributed by atoms with Crippen molar-refractivity contribution in [1.29, 1.82) is 0 Å². The maximum atomic E-state index is 13.1. The summed E-state index contributed by atoms with van der Waals surface area (Å²) < 4.78 is 20.9. The molecule has 0 N–H and O–H groups in total. The van der Waals surface area contributed by atoms with Gasteiger partial charge in [-0.2, -0.15) is 0 Å². The molecule has 2 spiro atoms. The number of ether oxygens (including phenoxy) is 3. The van der Waals surface area contributed by atoms with E-state index in [1.807, 2.05) is 6.92 Å². The van der Waals surface area contributed by atoms with Crippen LogP contribution in [0, 0.1) is 47.3 Å². The first kappa shape index (κ1) is 31.5. The molecule has 4 bridgehead atoms. The summed E-state index contributed by atoms with van der Waals surface area (Å²) in [6, 6.07) is 0. The van der Waals surface area contributed by atoms with E-state index in [1.54, 1.807) is 0 Å². The minimum absolute atomic E-state index is 0.0168. The van der Waals surface area contributed by atoms with Crippen LogP contribution in [0.3, 0.4) is 0 Å². The number of fused-ring (bicyclic) bond motifs is 4. The van der Waals surface area contributed by atoms with Crippen molar-refractivity contribution in [1.82, 2.24) is 0 Å². The molecule has 0 amide bonds. The zero-order valence-corrected chi connectivity index (χ0v) is 28.8. The van der Waals surface area contributed by atoms with Crippen molar-refractivity contribution in [2.45, 2.75) is 178 Å². The highest BCUT2D eigenvalue weighted by molar-refractivity contribution is 5.69. The Kier molecular flexibility index (Phi) is 7.61. The number of hydrogen-bond acceptors (Lipinski definition) is 8. The zero-order chi connectivity index (χ0) is 31.5. The fraction of sp³-hybridized carbons (Fsp3) is 0.973. The van der Waals surface area contributed by atoms with Crippen molar-refractivity contribution in [3.63, 3.8) is 0 Å². The molecule has 10 fully saturated rings. The monoisotopic (exact) mass is 630 g/mol. The van der Waals surface area contributed by atoms with Crippen molar-refractivity contribution < 1.29 is 38.6 Å². The lowest BCUT2D eigenvalue weighted by Crippen LogP contribution is -2.71. The molecule has 0 radical (unpaired) electrons. The fourth-order valence-corrected chi connectivity index (χ4v) is 12.5. The lowest BCUT2D eigenvalue weighted by Gasteiger charge is -2.62. The first-order valence-corrected chi connectivity index (χ1v) is 18.7. The van der Waals surface area contributed by atoms with Crippen LogP contribution in [0.1, 0.15) is 126 Å². The lowest BCUT2D eigenvalue weighted by molar-refractivity contribution is -0.491. The van der Waals surface area contributed by atoms with E-state index in [-0.39, 0.29) is 65.1 Å². The maximum Gasteiger partial charge on any atom is 0.305 e. The van der Waals surface area contributed by atoms with Crippen molar-refractivity contribution in [3.05, 3.63) is 0 Å². The van der Waals surface area contributed by atoms with E-state index in [4.69, 9.17) is 33.8 Å². The molecule has 6 aliphatic heterocycles. The Morgan fingerprint density at radius 1 is 0.711 bits per heavy atom. The molecule has 0 aromatic rings. The summed E-state index contributed by atoms with van der Waals surface area (Å²) >= 11 is 0. The fourth-order valence-electron chi connectivity index (χ4n) is 12.5. The predicted molar refractivity (Wildman–Crippen MR) is 166 cm³/mol. The van der Waals surface area contributed by atoms with Crippen LogP contribution in [0.2, 0.25) is 0 Å². The third-order valence-electron chi connectivity index (χ3n) is 15.0. The molecule has 0 aromatic carbocycles. The number of carbonyl (C=O) groups is 1. The minimum atomic E-state index is -0.426. The van der Waals surface area contributed by atoms with Crippen LogP contribution in [-0.2, 0) is 38.6 Å². The topological polar surface area (TPSA) is 81.7 Å². The Balaban J connectivity index is 1.11. The first-order chi connectivity index (χ1) is 21.4. The number of esters is 1. The highest BCUT2D eigenvalue weighted by Crippen LogP contribution is 2.64. The molecule has 6 saturated heterocycles. The van der Waals surface area contributed by atoms with Gasteiger partial charge in [-0.15, -0.1) is 0 Å². The van der Waals surface area contributed by atoms with Gasteiger partial charge >= 0.3 is 5.97 Å². The lowest BCUT2D eigenvalue weighted by atomic mass is 9.55. The third-order valence-corrected chi connectivity index (χ3v) is 15.0. The van der Waals surface area contributed by atoms with Gasteiger partial charge in [0.2, 0.25) is 0 Å². The standard InChI is InChI=1S/C37H58O8/c1-8-32(38)40-29(33-23(5)27-12-10-21(3)25-14-16-35(7)19-31(41-33)37(25,27)45-43-35)17-28-22(4)26-11-9-20(2)24-13-15-34(6)18-30(39-28)36(24,26)44-42-34/h20-31,33H,8-19H2,1-7H3/t20-,21-,22-,23-,24+,25+,26+,27+,28-,29+,30-,31-,33?,34+,35+,36-,37-/m1/s1. The molecule has 10 aliphatic rings. The smallest absolute Gasteiger partial charge is 0.305 e. The SMILES string of the molecule is CCC(=O)O[C@@H](C[C@H]1O[C@@H]2C[C@]3(C)CC[C@H]4[C@H](C)CC[C@@H]([C@H]1C)[C@@]24OO3)C1O[C@@H]2C[C@]3(C)CC[C@H]4[C@H](C)CC[C@@H]([C@H]1C)[C@@]24OO3. The van der Waals surface area contributed by atoms with Gasteiger partial charge in [0.05, 0.1) is 24.4 Å². The second-order valence-corrected chi connectivity index (χ2v) is 17.5. The number of rotatable bonds is 5. The van der Waals surface area contributed by atoms with Gasteiger partial charge in [-0.1, -0.05) is 34.6 Å². The third kappa shape index (κ3) is 4.54. The van der Waals surface area contributed by atoms with E-state index in [2.05, 4.69) is 41.5 Å². The van der Waals surface area contributed by atoms with Gasteiger partial charge in [0, 0.05) is 25.7 Å². The molecule has 4 saturated carbocycles. The van der Waals surface area contributed by atoms with Crippen LogP contribution < -0.4 is 0 Å². The van der Waals surface area contributed by atoms with Crippen molar-refractivity contribution >= 4 is 5.97 Å². The Morgan fingerprint density at radius 3 is 1.80 bits per heavy atom. The summed E-state index contributed by atoms with van der Waals surface area (Å²) in [6.07, 6.45) is 10.8. The quantitative estimate of drug-likeness (QED) is 0.235. The molecular weight excluding hydrogens is 572 g/mol. The van der Waals surface area contributed by atoms with E-state index in [9.17, 15) is 4.79 Å². The summed E-state index contributed by atoms with van der Waals surface area (Å²) in [6.45, 7) is 15.7. The molecule has 45 heavy (non-hydrogen) atoms. The zero-order valence-electron chi connectivity index (χ0n) is 28.8. The van der Waals surface area contributed by atoms with Crippen LogP contribution in [0.4, 0.5) is 0 Å². The van der Waals surface area contributed by atoms with E-state index in [1.165, 1.54) is 12.8 Å². The second-order valence-electron chi connectivity index (χ2n) is 17.5. The molecule has 10 rings (SSSR count). The maximum absolute atomic E-state index is 13.1. The van der Waals surface area contributed by atoms with E-state index < -0.39 is 5.60 Å². The largest absolute Gasteiger partial charge is 0.459 e. The van der Waals surface area contributed by atoms with Gasteiger partial charge in [-0.3, -0.25) is 4.79 Å². The van der Waals surface area contributed by atoms with Gasteiger partial charge in [0.15, 0.2) is 0 Å². The molecule has 17 atom stereocenters. The van der Waals surface area contributed by atoms with Gasteiger partial charge in [0.1, 0.15) is 28.5 Å². The molecule has 0 aromatic heterocycles. The predicted octanol–water partition coefficient (Wildman–Crippen LogP) is 7.12. The normalized spacial score (nSPS) is 57.2. The Hall–Kier alpha value is -0.770. The average Bonchev–Trinajstić information content (AvgIpc) is 3.38. The van der Waals surface area contributed by atoms with Crippen LogP contribution >= 0.6 is 0 Å². The van der Waals surface area contributed by atoms with Crippen LogP contribution in [0.15, 0.2) is 0 Å². The Labute approximate surface area is 270 Å². The minimum Gasteiger partial charge on any atom is -0.459 e. The molecule has 8 nitrogen and oxygen atoms in total. The summed E-state index contributed by atoms with van der Waals surface area (Å²) in [5.41, 5.74) is -1.48. The van der Waals surface area contributed by atoms with Gasteiger partial charge in [-0.25, -0.2) is 19.6 Å². The number of hydrogen-bond donors (Lipinski definition) is 0. The molecule has 8 heteroatoms. The molecule has 4 aliphatic carbocycles. The van der Waals surface area contributed by atoms with Crippen LogP contribution in [0.25, 0.3) is 0 Å².